The lowest BCUT2D eigenvalue weighted by atomic mass is 9.95. The van der Waals surface area contributed by atoms with Gasteiger partial charge >= 0.3 is 0 Å². The van der Waals surface area contributed by atoms with Crippen LogP contribution in [0.2, 0.25) is 0 Å². The maximum absolute atomic E-state index is 12.5. The summed E-state index contributed by atoms with van der Waals surface area (Å²) in [4.78, 5) is 22.5. The van der Waals surface area contributed by atoms with Crippen LogP contribution < -0.4 is 10.9 Å². The molecule has 0 aliphatic carbocycles. The zero-order valence-corrected chi connectivity index (χ0v) is 11.0. The molecule has 2 aliphatic rings. The average molecular weight is 261 g/mol. The molecule has 2 N–H and O–H groups in total. The lowest BCUT2D eigenvalue weighted by molar-refractivity contribution is 0.0691. The van der Waals surface area contributed by atoms with Crippen LogP contribution in [0.15, 0.2) is 18.6 Å². The zero-order valence-electron chi connectivity index (χ0n) is 11.0. The quantitative estimate of drug-likeness (QED) is 0.795. The smallest absolute Gasteiger partial charge is 0.274 e. The van der Waals surface area contributed by atoms with Crippen LogP contribution >= 0.6 is 0 Å². The van der Waals surface area contributed by atoms with Crippen LogP contribution in [0, 0.1) is 5.92 Å². The molecule has 3 atom stereocenters. The van der Waals surface area contributed by atoms with Gasteiger partial charge in [0.15, 0.2) is 0 Å². The molecule has 1 aromatic rings. The SMILES string of the molecule is CC1CNNC1C1CCCN1C(=O)c1cnccn1. The molecular weight excluding hydrogens is 242 g/mol. The van der Waals surface area contributed by atoms with Gasteiger partial charge in [-0.05, 0) is 18.8 Å². The van der Waals surface area contributed by atoms with Gasteiger partial charge in [-0.3, -0.25) is 20.6 Å². The number of aromatic nitrogens is 2. The second kappa shape index (κ2) is 5.22. The Balaban J connectivity index is 1.78. The first-order valence-corrected chi connectivity index (χ1v) is 6.83. The second-order valence-corrected chi connectivity index (χ2v) is 5.33. The summed E-state index contributed by atoms with van der Waals surface area (Å²) >= 11 is 0. The van der Waals surface area contributed by atoms with E-state index in [0.717, 1.165) is 25.9 Å². The number of carbonyl (C=O) groups excluding carboxylic acids is 1. The van der Waals surface area contributed by atoms with Crippen molar-refractivity contribution >= 4 is 5.91 Å². The van der Waals surface area contributed by atoms with Crippen molar-refractivity contribution in [2.45, 2.75) is 31.8 Å². The molecule has 3 rings (SSSR count). The predicted molar refractivity (Wildman–Crippen MR) is 70.2 cm³/mol. The number of nitrogens with zero attached hydrogens (tertiary/aromatic N) is 3. The van der Waals surface area contributed by atoms with Crippen LogP contribution in [0.5, 0.6) is 0 Å². The molecule has 2 aliphatic heterocycles. The number of nitrogens with one attached hydrogen (secondary N) is 2. The van der Waals surface area contributed by atoms with E-state index in [4.69, 9.17) is 0 Å². The van der Waals surface area contributed by atoms with Crippen LogP contribution in [0.1, 0.15) is 30.3 Å². The van der Waals surface area contributed by atoms with Gasteiger partial charge in [0.05, 0.1) is 6.20 Å². The molecule has 1 aromatic heterocycles. The van der Waals surface area contributed by atoms with Crippen molar-refractivity contribution in [3.8, 4) is 0 Å². The maximum atomic E-state index is 12.5. The molecule has 6 heteroatoms. The Morgan fingerprint density at radius 3 is 3.05 bits per heavy atom. The van der Waals surface area contributed by atoms with Gasteiger partial charge in [-0.2, -0.15) is 0 Å². The molecule has 6 nitrogen and oxygen atoms in total. The molecule has 0 spiro atoms. The molecule has 3 unspecified atom stereocenters. The van der Waals surface area contributed by atoms with Crippen molar-refractivity contribution < 1.29 is 4.79 Å². The summed E-state index contributed by atoms with van der Waals surface area (Å²) in [5, 5.41) is 0. The van der Waals surface area contributed by atoms with Gasteiger partial charge in [-0.25, -0.2) is 4.98 Å². The molecule has 1 amide bonds. The van der Waals surface area contributed by atoms with E-state index in [1.54, 1.807) is 18.6 Å². The largest absolute Gasteiger partial charge is 0.333 e. The van der Waals surface area contributed by atoms with Crippen molar-refractivity contribution in [2.24, 2.45) is 5.92 Å². The Kier molecular flexibility index (Phi) is 3.44. The third kappa shape index (κ3) is 2.33. The lowest BCUT2D eigenvalue weighted by Crippen LogP contribution is -2.50. The number of hydrazine groups is 1. The molecule has 2 fully saturated rings. The summed E-state index contributed by atoms with van der Waals surface area (Å²) in [5.74, 6) is 0.525. The van der Waals surface area contributed by atoms with E-state index in [0.29, 0.717) is 17.7 Å². The minimum absolute atomic E-state index is 0.00324. The standard InChI is InChI=1S/C13H19N5O/c1-9-7-16-17-12(9)11-3-2-6-18(11)13(19)10-8-14-4-5-15-10/h4-5,8-9,11-12,16-17H,2-3,6-7H2,1H3. The molecule has 0 radical (unpaired) electrons. The van der Waals surface area contributed by atoms with Crippen molar-refractivity contribution in [2.75, 3.05) is 13.1 Å². The minimum atomic E-state index is -0.00324. The summed E-state index contributed by atoms with van der Waals surface area (Å²) in [5.41, 5.74) is 6.92. The van der Waals surface area contributed by atoms with E-state index in [1.165, 1.54) is 0 Å². The zero-order chi connectivity index (χ0) is 13.2. The van der Waals surface area contributed by atoms with E-state index in [9.17, 15) is 4.79 Å². The third-order valence-electron chi connectivity index (χ3n) is 4.06. The normalized spacial score (nSPS) is 30.8. The Morgan fingerprint density at radius 1 is 1.47 bits per heavy atom. The van der Waals surface area contributed by atoms with Gasteiger partial charge in [-0.15, -0.1) is 0 Å². The number of hydrogen-bond donors (Lipinski definition) is 2. The fourth-order valence-electron chi connectivity index (χ4n) is 3.06. The molecule has 2 saturated heterocycles. The molecule has 0 aromatic carbocycles. The van der Waals surface area contributed by atoms with Crippen LogP contribution in [0.3, 0.4) is 0 Å². The van der Waals surface area contributed by atoms with E-state index < -0.39 is 0 Å². The molecular formula is C13H19N5O. The number of rotatable bonds is 2. The average Bonchev–Trinajstić information content (AvgIpc) is 3.07. The van der Waals surface area contributed by atoms with E-state index >= 15 is 0 Å². The first kappa shape index (κ1) is 12.5. The van der Waals surface area contributed by atoms with Gasteiger partial charge in [0, 0.05) is 37.6 Å². The predicted octanol–water partition coefficient (Wildman–Crippen LogP) is 0.194. The summed E-state index contributed by atoms with van der Waals surface area (Å²) in [6, 6.07) is 0.572. The van der Waals surface area contributed by atoms with Gasteiger partial charge in [-0.1, -0.05) is 6.92 Å². The number of carbonyl (C=O) groups is 1. The maximum Gasteiger partial charge on any atom is 0.274 e. The van der Waals surface area contributed by atoms with Crippen molar-refractivity contribution in [3.05, 3.63) is 24.3 Å². The van der Waals surface area contributed by atoms with Gasteiger partial charge in [0.2, 0.25) is 0 Å². The molecule has 3 heterocycles. The van der Waals surface area contributed by atoms with E-state index in [2.05, 4.69) is 27.7 Å². The van der Waals surface area contributed by atoms with Crippen LogP contribution in [0.25, 0.3) is 0 Å². The number of likely N-dealkylation sites (tertiary alicyclic amines) is 1. The van der Waals surface area contributed by atoms with Crippen molar-refractivity contribution in [1.82, 2.24) is 25.7 Å². The fourth-order valence-corrected chi connectivity index (χ4v) is 3.06. The first-order chi connectivity index (χ1) is 9.27. The number of amides is 1. The summed E-state index contributed by atoms with van der Waals surface area (Å²) in [6.07, 6.45) is 6.80. The van der Waals surface area contributed by atoms with Gasteiger partial charge in [0.1, 0.15) is 5.69 Å². The highest BCUT2D eigenvalue weighted by Gasteiger charge is 2.39. The Labute approximate surface area is 112 Å². The number of hydrogen-bond acceptors (Lipinski definition) is 5. The minimum Gasteiger partial charge on any atom is -0.333 e. The lowest BCUT2D eigenvalue weighted by Gasteiger charge is -2.30. The first-order valence-electron chi connectivity index (χ1n) is 6.83. The highest BCUT2D eigenvalue weighted by atomic mass is 16.2. The Morgan fingerprint density at radius 2 is 2.37 bits per heavy atom. The summed E-state index contributed by atoms with van der Waals surface area (Å²) < 4.78 is 0. The summed E-state index contributed by atoms with van der Waals surface area (Å²) in [6.45, 7) is 3.97. The monoisotopic (exact) mass is 261 g/mol. The fraction of sp³-hybridized carbons (Fsp3) is 0.615. The Bertz CT molecular complexity index is 452. The van der Waals surface area contributed by atoms with E-state index in [-0.39, 0.29) is 11.9 Å². The molecule has 0 bridgehead atoms. The molecule has 102 valence electrons. The highest BCUT2D eigenvalue weighted by Crippen LogP contribution is 2.26. The van der Waals surface area contributed by atoms with Crippen molar-refractivity contribution in [3.63, 3.8) is 0 Å². The molecule has 19 heavy (non-hydrogen) atoms. The van der Waals surface area contributed by atoms with Crippen LogP contribution in [-0.4, -0.2) is 45.9 Å². The topological polar surface area (TPSA) is 70.2 Å². The van der Waals surface area contributed by atoms with E-state index in [1.807, 2.05) is 4.90 Å². The van der Waals surface area contributed by atoms with Crippen LogP contribution in [0.4, 0.5) is 0 Å². The van der Waals surface area contributed by atoms with Crippen molar-refractivity contribution in [1.29, 1.82) is 0 Å². The van der Waals surface area contributed by atoms with Gasteiger partial charge in [0.25, 0.3) is 5.91 Å². The third-order valence-corrected chi connectivity index (χ3v) is 4.06. The van der Waals surface area contributed by atoms with Gasteiger partial charge < -0.3 is 4.90 Å². The second-order valence-electron chi connectivity index (χ2n) is 5.33. The highest BCUT2D eigenvalue weighted by molar-refractivity contribution is 5.92. The molecule has 0 saturated carbocycles. The Hall–Kier alpha value is -1.53. The van der Waals surface area contributed by atoms with Crippen LogP contribution in [-0.2, 0) is 0 Å². The summed E-state index contributed by atoms with van der Waals surface area (Å²) in [7, 11) is 0.